The molecule has 0 aliphatic carbocycles. The fourth-order valence-electron chi connectivity index (χ4n) is 3.66. The minimum atomic E-state index is -4.91. The number of nitrogens with one attached hydrogen (secondary N) is 3. The molecule has 1 fully saturated rings. The number of aromatic nitrogens is 3. The number of nitrogens with zero attached hydrogens (tertiary/aromatic N) is 3. The van der Waals surface area contributed by atoms with Crippen molar-refractivity contribution in [3.05, 3.63) is 53.6 Å². The summed E-state index contributed by atoms with van der Waals surface area (Å²) in [6, 6.07) is 5.02. The second-order valence-electron chi connectivity index (χ2n) is 9.30. The number of aryl methyl sites for hydroxylation is 1. The molecule has 42 heavy (non-hydrogen) atoms. The van der Waals surface area contributed by atoms with Crippen LogP contribution in [-0.2, 0) is 10.0 Å². The molecule has 1 aromatic carbocycles. The Bertz CT molecular complexity index is 1490. The lowest BCUT2D eigenvalue weighted by Gasteiger charge is -2.17. The van der Waals surface area contributed by atoms with Crippen molar-refractivity contribution in [1.29, 1.82) is 0 Å². The maximum absolute atomic E-state index is 14.7. The Morgan fingerprint density at radius 1 is 1.14 bits per heavy atom. The van der Waals surface area contributed by atoms with Crippen molar-refractivity contribution in [2.75, 3.05) is 35.9 Å². The Morgan fingerprint density at radius 2 is 1.88 bits per heavy atom. The molecule has 3 heterocycles. The van der Waals surface area contributed by atoms with Crippen LogP contribution in [0.2, 0.25) is 0 Å². The third-order valence-electron chi connectivity index (χ3n) is 5.90. The number of hydrogen-bond acceptors (Lipinski definition) is 8. The van der Waals surface area contributed by atoms with E-state index in [2.05, 4.69) is 25.6 Å². The number of piperidine rings is 1. The molecule has 1 unspecified atom stereocenters. The monoisotopic (exact) mass is 620 g/mol. The van der Waals surface area contributed by atoms with Crippen LogP contribution in [0.1, 0.15) is 31.9 Å². The first kappa shape index (κ1) is 32.8. The average molecular weight is 621 g/mol. The molecule has 0 amide bonds. The molecule has 3 aromatic rings. The smallest absolute Gasteiger partial charge is 0.263 e. The molecule has 2 aromatic heterocycles. The highest BCUT2D eigenvalue weighted by Crippen LogP contribution is 2.36. The zero-order valence-corrected chi connectivity index (χ0v) is 23.8. The molecule has 16 heteroatoms. The predicted octanol–water partition coefficient (Wildman–Crippen LogP) is 5.59. The number of sulfonamides is 1. The van der Waals surface area contributed by atoms with E-state index in [1.165, 1.54) is 17.0 Å². The molecule has 0 saturated carbocycles. The van der Waals surface area contributed by atoms with Crippen molar-refractivity contribution in [3.63, 3.8) is 0 Å². The van der Waals surface area contributed by atoms with E-state index in [0.29, 0.717) is 24.0 Å². The lowest BCUT2D eigenvalue weighted by atomic mass is 10.1. The summed E-state index contributed by atoms with van der Waals surface area (Å²) in [6.45, 7) is 4.20. The van der Waals surface area contributed by atoms with Crippen LogP contribution >= 0.6 is 0 Å². The quantitative estimate of drug-likeness (QED) is 0.209. The molecule has 3 N–H and O–H groups in total. The molecule has 4 rings (SSSR count). The minimum absolute atomic E-state index is 0.237. The van der Waals surface area contributed by atoms with E-state index >= 15 is 0 Å². The van der Waals surface area contributed by atoms with Gasteiger partial charge in [0.1, 0.15) is 17.6 Å². The fourth-order valence-corrected chi connectivity index (χ4v) is 4.99. The van der Waals surface area contributed by atoms with Gasteiger partial charge in [-0.1, -0.05) is 6.92 Å². The normalized spacial score (nSPS) is 15.4. The third kappa shape index (κ3) is 8.92. The molecular formula is C26H30F6N6O3S. The van der Waals surface area contributed by atoms with Crippen LogP contribution in [0.3, 0.4) is 0 Å². The van der Waals surface area contributed by atoms with Gasteiger partial charge in [-0.3, -0.25) is 4.72 Å². The summed E-state index contributed by atoms with van der Waals surface area (Å²) in [4.78, 5) is 12.3. The Labute approximate surface area is 239 Å². The molecule has 0 bridgehead atoms. The van der Waals surface area contributed by atoms with Gasteiger partial charge in [0.25, 0.3) is 5.92 Å². The van der Waals surface area contributed by atoms with E-state index in [0.717, 1.165) is 26.3 Å². The Balaban J connectivity index is 0.000000603. The van der Waals surface area contributed by atoms with Gasteiger partial charge in [-0.25, -0.2) is 45.3 Å². The van der Waals surface area contributed by atoms with E-state index < -0.39 is 63.2 Å². The molecule has 0 radical (unpaired) electrons. The maximum atomic E-state index is 14.7. The number of hydrogen-bond donors (Lipinski definition) is 3. The van der Waals surface area contributed by atoms with Crippen LogP contribution < -0.4 is 20.1 Å². The Morgan fingerprint density at radius 3 is 2.48 bits per heavy atom. The molecule has 1 aliphatic heterocycles. The highest BCUT2D eigenvalue weighted by Gasteiger charge is 2.35. The lowest BCUT2D eigenvalue weighted by Crippen LogP contribution is -2.31. The summed E-state index contributed by atoms with van der Waals surface area (Å²) in [5, 5.41) is 5.70. The van der Waals surface area contributed by atoms with Crippen LogP contribution in [0.4, 0.5) is 38.0 Å². The number of halogens is 6. The maximum Gasteiger partial charge on any atom is 0.263 e. The van der Waals surface area contributed by atoms with Gasteiger partial charge in [-0.2, -0.15) is 4.39 Å². The molecule has 1 aliphatic rings. The molecule has 9 nitrogen and oxygen atoms in total. The standard InChI is InChI=1S/C21H20F5N5O3S.C5H10FN/c1-4-21(25,26)10-35(32,33)31-18-13(22)9-15(16(23)17(18)24)34-19-12(6-5-11(2)29-19)14-7-8-28-20(27-3)30-14;6-5-2-1-3-7-4-5/h5-9,31H,4,10H2,1-3H3,(H,27,28,30);5,7H,1-4H2. The van der Waals surface area contributed by atoms with E-state index in [4.69, 9.17) is 4.74 Å². The average Bonchev–Trinajstić information content (AvgIpc) is 2.94. The predicted molar refractivity (Wildman–Crippen MR) is 146 cm³/mol. The topological polar surface area (TPSA) is 118 Å². The van der Waals surface area contributed by atoms with Gasteiger partial charge in [0.15, 0.2) is 17.4 Å². The van der Waals surface area contributed by atoms with Crippen LogP contribution in [-0.4, -0.2) is 61.4 Å². The Hall–Kier alpha value is -3.66. The molecule has 1 atom stereocenters. The molecule has 0 spiro atoms. The number of benzene rings is 1. The van der Waals surface area contributed by atoms with E-state index in [9.17, 15) is 34.8 Å². The first-order chi connectivity index (χ1) is 19.7. The second-order valence-corrected chi connectivity index (χ2v) is 11.0. The SMILES string of the molecule is CCC(F)(F)CS(=O)(=O)Nc1c(F)cc(Oc2nc(C)ccc2-c2ccnc(NC)n2)c(F)c1F.FC1CCCNC1. The van der Waals surface area contributed by atoms with Gasteiger partial charge in [0.2, 0.25) is 27.7 Å². The van der Waals surface area contributed by atoms with Gasteiger partial charge in [0.05, 0.1) is 11.3 Å². The summed E-state index contributed by atoms with van der Waals surface area (Å²) in [5.74, 6) is -11.7. The van der Waals surface area contributed by atoms with Crippen molar-refractivity contribution in [1.82, 2.24) is 20.3 Å². The van der Waals surface area contributed by atoms with Gasteiger partial charge in [-0.05, 0) is 44.5 Å². The molecule has 230 valence electrons. The van der Waals surface area contributed by atoms with Crippen molar-refractivity contribution >= 4 is 21.7 Å². The van der Waals surface area contributed by atoms with Crippen LogP contribution in [0.15, 0.2) is 30.5 Å². The summed E-state index contributed by atoms with van der Waals surface area (Å²) < 4.78 is 114. The van der Waals surface area contributed by atoms with Gasteiger partial charge >= 0.3 is 0 Å². The minimum Gasteiger partial charge on any atom is -0.435 e. The number of pyridine rings is 1. The summed E-state index contributed by atoms with van der Waals surface area (Å²) in [7, 11) is -3.33. The van der Waals surface area contributed by atoms with Crippen LogP contribution in [0, 0.1) is 24.4 Å². The molecular weight excluding hydrogens is 590 g/mol. The lowest BCUT2D eigenvalue weighted by molar-refractivity contribution is 0.0219. The molecule has 1 saturated heterocycles. The summed E-state index contributed by atoms with van der Waals surface area (Å²) in [6.07, 6.45) is 1.79. The van der Waals surface area contributed by atoms with Crippen molar-refractivity contribution in [2.24, 2.45) is 0 Å². The first-order valence-electron chi connectivity index (χ1n) is 12.8. The number of alkyl halides is 3. The van der Waals surface area contributed by atoms with Crippen LogP contribution in [0.5, 0.6) is 11.6 Å². The number of anilines is 2. The zero-order valence-electron chi connectivity index (χ0n) is 22.9. The second kappa shape index (κ2) is 14.0. The fraction of sp³-hybridized carbons (Fsp3) is 0.423. The number of rotatable bonds is 9. The van der Waals surface area contributed by atoms with Crippen LogP contribution in [0.25, 0.3) is 11.3 Å². The summed E-state index contributed by atoms with van der Waals surface area (Å²) >= 11 is 0. The van der Waals surface area contributed by atoms with E-state index in [-0.39, 0.29) is 17.4 Å². The van der Waals surface area contributed by atoms with Crippen molar-refractivity contribution in [3.8, 4) is 22.9 Å². The Kier molecular flexibility index (Phi) is 11.0. The van der Waals surface area contributed by atoms with Gasteiger partial charge < -0.3 is 15.4 Å². The zero-order chi connectivity index (χ0) is 31.1. The van der Waals surface area contributed by atoms with E-state index in [1.807, 2.05) is 0 Å². The van der Waals surface area contributed by atoms with Crippen molar-refractivity contribution in [2.45, 2.75) is 45.2 Å². The third-order valence-corrected chi connectivity index (χ3v) is 7.22. The van der Waals surface area contributed by atoms with E-state index in [1.54, 1.807) is 26.1 Å². The van der Waals surface area contributed by atoms with Gasteiger partial charge in [-0.15, -0.1) is 0 Å². The highest BCUT2D eigenvalue weighted by atomic mass is 32.2. The highest BCUT2D eigenvalue weighted by molar-refractivity contribution is 7.92. The van der Waals surface area contributed by atoms with Gasteiger partial charge in [0, 0.05) is 38.0 Å². The van der Waals surface area contributed by atoms with Crippen molar-refractivity contribution < 1.29 is 39.5 Å². The first-order valence-corrected chi connectivity index (χ1v) is 14.5. The summed E-state index contributed by atoms with van der Waals surface area (Å²) in [5.41, 5.74) is -0.487. The number of ether oxygens (including phenoxy) is 1. The largest absolute Gasteiger partial charge is 0.435 e.